The number of carboxylic acid groups (broad SMARTS) is 1. The first-order valence-corrected chi connectivity index (χ1v) is 6.87. The smallest absolute Gasteiger partial charge is 0.335 e. The Bertz CT molecular complexity index is 502. The largest absolute Gasteiger partial charge is 0.508 e. The first-order valence-electron chi connectivity index (χ1n) is 5.88. The molecule has 0 radical (unpaired) electrons. The number of carboxylic acids is 1. The molecule has 1 aromatic rings. The normalized spacial score (nSPS) is 13.8. The number of thioether (sulfide) groups is 1. The molecule has 0 aliphatic heterocycles. The molecular weight excluding hydrogens is 284 g/mol. The zero-order valence-corrected chi connectivity index (χ0v) is 11.6. The molecule has 1 rings (SSSR count). The second kappa shape index (κ2) is 7.28. The maximum Gasteiger partial charge on any atom is 0.335 e. The van der Waals surface area contributed by atoms with Gasteiger partial charge in [0.15, 0.2) is 5.12 Å². The van der Waals surface area contributed by atoms with Crippen molar-refractivity contribution in [2.24, 2.45) is 0 Å². The molecule has 20 heavy (non-hydrogen) atoms. The summed E-state index contributed by atoms with van der Waals surface area (Å²) in [6.45, 7) is 1.40. The maximum atomic E-state index is 10.8. The fourth-order valence-electron chi connectivity index (χ4n) is 1.61. The van der Waals surface area contributed by atoms with Gasteiger partial charge in [-0.1, -0.05) is 11.8 Å². The van der Waals surface area contributed by atoms with Crippen LogP contribution in [0.2, 0.25) is 0 Å². The summed E-state index contributed by atoms with van der Waals surface area (Å²) < 4.78 is 0. The number of hydrogen-bond acceptors (Lipinski definition) is 6. The molecule has 2 unspecified atom stereocenters. The summed E-state index contributed by atoms with van der Waals surface area (Å²) >= 11 is 1.02. The van der Waals surface area contributed by atoms with E-state index in [9.17, 15) is 24.9 Å². The average Bonchev–Trinajstić information content (AvgIpc) is 2.37. The molecule has 0 aliphatic carbocycles. The van der Waals surface area contributed by atoms with Crippen molar-refractivity contribution in [3.8, 4) is 5.75 Å². The molecule has 4 N–H and O–H groups in total. The molecular formula is C13H16O6S. The number of aromatic carboxylic acids is 1. The lowest BCUT2D eigenvalue weighted by molar-refractivity contribution is -0.109. The highest BCUT2D eigenvalue weighted by Gasteiger charge is 2.22. The second-order valence-corrected chi connectivity index (χ2v) is 5.49. The minimum absolute atomic E-state index is 0.0507. The predicted molar refractivity (Wildman–Crippen MR) is 73.8 cm³/mol. The Hall–Kier alpha value is -1.57. The SMILES string of the molecule is CC(=O)SCCC(O)C(O)c1cc(C(=O)O)ccc1O. The number of carbonyl (C=O) groups excluding carboxylic acids is 1. The quantitative estimate of drug-likeness (QED) is 0.623. The number of hydrogen-bond donors (Lipinski definition) is 4. The van der Waals surface area contributed by atoms with Gasteiger partial charge < -0.3 is 20.4 Å². The van der Waals surface area contributed by atoms with Crippen LogP contribution in [0.15, 0.2) is 18.2 Å². The summed E-state index contributed by atoms with van der Waals surface area (Å²) in [4.78, 5) is 21.6. The highest BCUT2D eigenvalue weighted by molar-refractivity contribution is 8.13. The van der Waals surface area contributed by atoms with Gasteiger partial charge in [0, 0.05) is 18.2 Å². The zero-order chi connectivity index (χ0) is 15.3. The lowest BCUT2D eigenvalue weighted by atomic mass is 9.99. The Morgan fingerprint density at radius 1 is 1.30 bits per heavy atom. The summed E-state index contributed by atoms with van der Waals surface area (Å²) in [6.07, 6.45) is -2.47. The van der Waals surface area contributed by atoms with Crippen LogP contribution < -0.4 is 0 Å². The zero-order valence-electron chi connectivity index (χ0n) is 10.8. The summed E-state index contributed by atoms with van der Waals surface area (Å²) in [5, 5.41) is 38.1. The van der Waals surface area contributed by atoms with Crippen LogP contribution in [-0.2, 0) is 4.79 Å². The summed E-state index contributed by atoms with van der Waals surface area (Å²) in [5.41, 5.74) is -0.146. The molecule has 0 saturated carbocycles. The molecule has 7 heteroatoms. The number of carbonyl (C=O) groups is 2. The van der Waals surface area contributed by atoms with E-state index < -0.39 is 18.2 Å². The Balaban J connectivity index is 2.79. The third-order valence-corrected chi connectivity index (χ3v) is 3.52. The Morgan fingerprint density at radius 3 is 2.50 bits per heavy atom. The van der Waals surface area contributed by atoms with Crippen molar-refractivity contribution in [3.63, 3.8) is 0 Å². The van der Waals surface area contributed by atoms with E-state index in [2.05, 4.69) is 0 Å². The molecule has 110 valence electrons. The monoisotopic (exact) mass is 300 g/mol. The average molecular weight is 300 g/mol. The van der Waals surface area contributed by atoms with E-state index in [4.69, 9.17) is 5.11 Å². The highest BCUT2D eigenvalue weighted by Crippen LogP contribution is 2.29. The van der Waals surface area contributed by atoms with Crippen molar-refractivity contribution in [3.05, 3.63) is 29.3 Å². The number of aromatic hydroxyl groups is 1. The van der Waals surface area contributed by atoms with Crippen LogP contribution in [0.25, 0.3) is 0 Å². The number of aliphatic hydroxyl groups is 2. The molecule has 1 aromatic carbocycles. The number of phenolic OH excluding ortho intramolecular Hbond substituents is 1. The fourth-order valence-corrected chi connectivity index (χ4v) is 2.26. The summed E-state index contributed by atoms with van der Waals surface area (Å²) in [5.74, 6) is -1.16. The number of benzene rings is 1. The third kappa shape index (κ3) is 4.52. The lowest BCUT2D eigenvalue weighted by Crippen LogP contribution is -2.19. The molecule has 0 heterocycles. The van der Waals surface area contributed by atoms with Crippen LogP contribution in [0, 0.1) is 0 Å². The van der Waals surface area contributed by atoms with Crippen molar-refractivity contribution < 1.29 is 30.0 Å². The van der Waals surface area contributed by atoms with Crippen molar-refractivity contribution in [2.45, 2.75) is 25.6 Å². The van der Waals surface area contributed by atoms with Crippen molar-refractivity contribution in [2.75, 3.05) is 5.75 Å². The first kappa shape index (κ1) is 16.5. The number of rotatable bonds is 6. The number of phenols is 1. The van der Waals surface area contributed by atoms with Crippen molar-refractivity contribution >= 4 is 22.8 Å². The Kier molecular flexibility index (Phi) is 6.00. The predicted octanol–water partition coefficient (Wildman–Crippen LogP) is 1.15. The van der Waals surface area contributed by atoms with Gasteiger partial charge in [0.1, 0.15) is 11.9 Å². The minimum Gasteiger partial charge on any atom is -0.508 e. The molecule has 0 aliphatic rings. The van der Waals surface area contributed by atoms with Gasteiger partial charge in [0.05, 0.1) is 11.7 Å². The molecule has 0 amide bonds. The maximum absolute atomic E-state index is 10.8. The topological polar surface area (TPSA) is 115 Å². The third-order valence-electron chi connectivity index (χ3n) is 2.68. The summed E-state index contributed by atoms with van der Waals surface area (Å²) in [7, 11) is 0. The van der Waals surface area contributed by atoms with Gasteiger partial charge in [-0.3, -0.25) is 4.79 Å². The van der Waals surface area contributed by atoms with Gasteiger partial charge in [0.2, 0.25) is 0 Å². The van der Waals surface area contributed by atoms with Crippen LogP contribution in [0.5, 0.6) is 5.75 Å². The van der Waals surface area contributed by atoms with E-state index in [0.29, 0.717) is 5.75 Å². The molecule has 0 aromatic heterocycles. The fraction of sp³-hybridized carbons (Fsp3) is 0.385. The van der Waals surface area contributed by atoms with Crippen LogP contribution in [0.1, 0.15) is 35.4 Å². The second-order valence-electron chi connectivity index (χ2n) is 4.22. The van der Waals surface area contributed by atoms with E-state index in [-0.39, 0.29) is 28.4 Å². The Labute approximate surface area is 120 Å². The molecule has 6 nitrogen and oxygen atoms in total. The van der Waals surface area contributed by atoms with E-state index >= 15 is 0 Å². The van der Waals surface area contributed by atoms with E-state index in [1.165, 1.54) is 13.0 Å². The number of aliphatic hydroxyl groups excluding tert-OH is 2. The van der Waals surface area contributed by atoms with Crippen LogP contribution in [0.4, 0.5) is 0 Å². The lowest BCUT2D eigenvalue weighted by Gasteiger charge is -2.19. The van der Waals surface area contributed by atoms with E-state index in [1.54, 1.807) is 0 Å². The van der Waals surface area contributed by atoms with Gasteiger partial charge >= 0.3 is 5.97 Å². The summed E-state index contributed by atoms with van der Waals surface area (Å²) in [6, 6.07) is 3.47. The van der Waals surface area contributed by atoms with Crippen LogP contribution in [-0.4, -0.2) is 43.4 Å². The minimum atomic E-state index is -1.41. The van der Waals surface area contributed by atoms with Crippen molar-refractivity contribution in [1.82, 2.24) is 0 Å². The van der Waals surface area contributed by atoms with Crippen LogP contribution in [0.3, 0.4) is 0 Å². The highest BCUT2D eigenvalue weighted by atomic mass is 32.2. The molecule has 2 atom stereocenters. The first-order chi connectivity index (χ1) is 9.32. The van der Waals surface area contributed by atoms with Gasteiger partial charge in [0.25, 0.3) is 0 Å². The van der Waals surface area contributed by atoms with Gasteiger partial charge in [-0.2, -0.15) is 0 Å². The van der Waals surface area contributed by atoms with Crippen molar-refractivity contribution in [1.29, 1.82) is 0 Å². The van der Waals surface area contributed by atoms with Gasteiger partial charge in [-0.05, 0) is 24.6 Å². The van der Waals surface area contributed by atoms with E-state index in [0.717, 1.165) is 23.9 Å². The van der Waals surface area contributed by atoms with Gasteiger partial charge in [-0.25, -0.2) is 4.79 Å². The molecule has 0 fully saturated rings. The Morgan fingerprint density at radius 2 is 1.95 bits per heavy atom. The van der Waals surface area contributed by atoms with Crippen LogP contribution >= 0.6 is 11.8 Å². The standard InChI is InChI=1S/C13H16O6S/c1-7(14)20-5-4-11(16)12(17)9-6-8(13(18)19)2-3-10(9)15/h2-3,6,11-12,15-17H,4-5H2,1H3,(H,18,19). The molecule has 0 bridgehead atoms. The molecule has 0 saturated heterocycles. The van der Waals surface area contributed by atoms with Gasteiger partial charge in [-0.15, -0.1) is 0 Å². The van der Waals surface area contributed by atoms with E-state index in [1.807, 2.05) is 0 Å². The molecule has 0 spiro atoms.